The van der Waals surface area contributed by atoms with E-state index in [9.17, 15) is 9.59 Å². The predicted molar refractivity (Wildman–Crippen MR) is 93.1 cm³/mol. The first-order valence-electron chi connectivity index (χ1n) is 9.76. The van der Waals surface area contributed by atoms with Crippen molar-refractivity contribution in [2.24, 2.45) is 0 Å². The van der Waals surface area contributed by atoms with Gasteiger partial charge < -0.3 is 9.80 Å². The summed E-state index contributed by atoms with van der Waals surface area (Å²) in [4.78, 5) is 29.0. The van der Waals surface area contributed by atoms with Gasteiger partial charge >= 0.3 is 0 Å². The van der Waals surface area contributed by atoms with E-state index in [1.807, 2.05) is 0 Å². The summed E-state index contributed by atoms with van der Waals surface area (Å²) in [6.07, 6.45) is 10.9. The Hall–Kier alpha value is -1.06. The van der Waals surface area contributed by atoms with Gasteiger partial charge in [-0.25, -0.2) is 0 Å². The van der Waals surface area contributed by atoms with E-state index < -0.39 is 0 Å². The molecule has 4 heteroatoms. The molecule has 2 atom stereocenters. The van der Waals surface area contributed by atoms with Crippen molar-refractivity contribution in [2.45, 2.75) is 96.6 Å². The molecule has 0 bridgehead atoms. The average Bonchev–Trinajstić information content (AvgIpc) is 2.61. The largest absolute Gasteiger partial charge is 0.340 e. The highest BCUT2D eigenvalue weighted by Crippen LogP contribution is 2.22. The van der Waals surface area contributed by atoms with Gasteiger partial charge in [0, 0.05) is 38.0 Å². The Morgan fingerprint density at radius 2 is 1.22 bits per heavy atom. The monoisotopic (exact) mass is 322 g/mol. The van der Waals surface area contributed by atoms with Gasteiger partial charge in [-0.3, -0.25) is 9.59 Å². The lowest BCUT2D eigenvalue weighted by Gasteiger charge is -2.36. The normalized spacial score (nSPS) is 25.5. The Labute approximate surface area is 141 Å². The van der Waals surface area contributed by atoms with Crippen LogP contribution < -0.4 is 0 Å². The molecule has 0 aromatic rings. The lowest BCUT2D eigenvalue weighted by Crippen LogP contribution is -2.44. The topological polar surface area (TPSA) is 40.6 Å². The molecule has 4 nitrogen and oxygen atoms in total. The van der Waals surface area contributed by atoms with Crippen LogP contribution in [0.15, 0.2) is 0 Å². The van der Waals surface area contributed by atoms with Crippen molar-refractivity contribution in [1.82, 2.24) is 9.80 Å². The molecule has 2 aliphatic heterocycles. The summed E-state index contributed by atoms with van der Waals surface area (Å²) < 4.78 is 0. The predicted octanol–water partition coefficient (Wildman–Crippen LogP) is 3.74. The molecule has 132 valence electrons. The number of carbonyl (C=O) groups is 2. The third kappa shape index (κ3) is 4.95. The third-order valence-electron chi connectivity index (χ3n) is 5.62. The molecule has 2 aliphatic rings. The van der Waals surface area contributed by atoms with Gasteiger partial charge in [-0.2, -0.15) is 0 Å². The number of nitrogens with zero attached hydrogens (tertiary/aromatic N) is 2. The Morgan fingerprint density at radius 1 is 0.783 bits per heavy atom. The number of rotatable bonds is 6. The second kappa shape index (κ2) is 9.29. The first-order valence-corrected chi connectivity index (χ1v) is 9.76. The highest BCUT2D eigenvalue weighted by molar-refractivity contribution is 5.79. The standard InChI is InChI=1S/C19H34N2O2/c1-3-16-10-5-7-14-20(16)18(22)12-9-13-19(23)21-15-8-6-11-17(21)4-2/h16-17H,3-15H2,1-2H3. The summed E-state index contributed by atoms with van der Waals surface area (Å²) in [6.45, 7) is 6.16. The Bertz CT molecular complexity index is 361. The van der Waals surface area contributed by atoms with E-state index in [2.05, 4.69) is 23.6 Å². The summed E-state index contributed by atoms with van der Waals surface area (Å²) >= 11 is 0. The highest BCUT2D eigenvalue weighted by atomic mass is 16.2. The minimum Gasteiger partial charge on any atom is -0.340 e. The van der Waals surface area contributed by atoms with Crippen LogP contribution in [0.25, 0.3) is 0 Å². The van der Waals surface area contributed by atoms with Crippen molar-refractivity contribution >= 4 is 11.8 Å². The Morgan fingerprint density at radius 3 is 1.61 bits per heavy atom. The molecule has 0 spiro atoms. The van der Waals surface area contributed by atoms with E-state index in [1.165, 1.54) is 12.8 Å². The van der Waals surface area contributed by atoms with Crippen LogP contribution in [0.4, 0.5) is 0 Å². The molecular formula is C19H34N2O2. The van der Waals surface area contributed by atoms with E-state index in [-0.39, 0.29) is 11.8 Å². The van der Waals surface area contributed by atoms with Crippen LogP contribution in [-0.4, -0.2) is 46.8 Å². The van der Waals surface area contributed by atoms with Gasteiger partial charge in [-0.05, 0) is 57.8 Å². The molecular weight excluding hydrogens is 288 g/mol. The van der Waals surface area contributed by atoms with Crippen molar-refractivity contribution < 1.29 is 9.59 Å². The lowest BCUT2D eigenvalue weighted by molar-refractivity contribution is -0.136. The molecule has 2 saturated heterocycles. The first-order chi connectivity index (χ1) is 11.2. The number of hydrogen-bond acceptors (Lipinski definition) is 2. The summed E-state index contributed by atoms with van der Waals surface area (Å²) in [7, 11) is 0. The second-order valence-electron chi connectivity index (χ2n) is 7.14. The molecule has 0 N–H and O–H groups in total. The van der Waals surface area contributed by atoms with E-state index >= 15 is 0 Å². The highest BCUT2D eigenvalue weighted by Gasteiger charge is 2.27. The molecule has 0 radical (unpaired) electrons. The molecule has 0 saturated carbocycles. The first kappa shape index (κ1) is 18.3. The van der Waals surface area contributed by atoms with Crippen molar-refractivity contribution in [1.29, 1.82) is 0 Å². The van der Waals surface area contributed by atoms with E-state index in [4.69, 9.17) is 0 Å². The van der Waals surface area contributed by atoms with Gasteiger partial charge in [0.05, 0.1) is 0 Å². The number of likely N-dealkylation sites (tertiary alicyclic amines) is 2. The van der Waals surface area contributed by atoms with Crippen LogP contribution in [0.5, 0.6) is 0 Å². The molecule has 2 amide bonds. The summed E-state index contributed by atoms with van der Waals surface area (Å²) in [6, 6.07) is 0.858. The van der Waals surface area contributed by atoms with Crippen LogP contribution in [0.3, 0.4) is 0 Å². The fourth-order valence-electron chi connectivity index (χ4n) is 4.18. The molecule has 2 fully saturated rings. The zero-order chi connectivity index (χ0) is 16.7. The molecule has 2 rings (SSSR count). The Kier molecular flexibility index (Phi) is 7.38. The summed E-state index contributed by atoms with van der Waals surface area (Å²) in [5.41, 5.74) is 0. The SMILES string of the molecule is CCC1CCCCN1C(=O)CCCC(=O)N1CCCCC1CC. The Balaban J connectivity index is 1.75. The molecule has 0 aromatic heterocycles. The van der Waals surface area contributed by atoms with Gasteiger partial charge in [-0.1, -0.05) is 13.8 Å². The summed E-state index contributed by atoms with van der Waals surface area (Å²) in [5, 5.41) is 0. The molecule has 2 heterocycles. The van der Waals surface area contributed by atoms with Gasteiger partial charge in [0.25, 0.3) is 0 Å². The maximum absolute atomic E-state index is 12.4. The van der Waals surface area contributed by atoms with Gasteiger partial charge in [0.15, 0.2) is 0 Å². The van der Waals surface area contributed by atoms with E-state index in [0.29, 0.717) is 31.3 Å². The fourth-order valence-corrected chi connectivity index (χ4v) is 4.18. The number of carbonyl (C=O) groups excluding carboxylic acids is 2. The van der Waals surface area contributed by atoms with Crippen LogP contribution in [0.2, 0.25) is 0 Å². The number of piperidine rings is 2. The molecule has 0 aliphatic carbocycles. The van der Waals surface area contributed by atoms with Crippen molar-refractivity contribution in [3.63, 3.8) is 0 Å². The maximum atomic E-state index is 12.4. The van der Waals surface area contributed by atoms with Crippen molar-refractivity contribution in [2.75, 3.05) is 13.1 Å². The number of amides is 2. The van der Waals surface area contributed by atoms with Crippen molar-refractivity contribution in [3.8, 4) is 0 Å². The zero-order valence-corrected chi connectivity index (χ0v) is 15.1. The lowest BCUT2D eigenvalue weighted by atomic mass is 9.98. The zero-order valence-electron chi connectivity index (χ0n) is 15.1. The minimum absolute atomic E-state index is 0.259. The molecule has 23 heavy (non-hydrogen) atoms. The minimum atomic E-state index is 0.259. The van der Waals surface area contributed by atoms with Crippen LogP contribution in [-0.2, 0) is 9.59 Å². The van der Waals surface area contributed by atoms with E-state index in [0.717, 1.165) is 51.6 Å². The van der Waals surface area contributed by atoms with Crippen LogP contribution in [0, 0.1) is 0 Å². The van der Waals surface area contributed by atoms with Crippen LogP contribution in [0.1, 0.15) is 84.5 Å². The van der Waals surface area contributed by atoms with Gasteiger partial charge in [-0.15, -0.1) is 0 Å². The van der Waals surface area contributed by atoms with Crippen molar-refractivity contribution in [3.05, 3.63) is 0 Å². The van der Waals surface area contributed by atoms with E-state index in [1.54, 1.807) is 0 Å². The van der Waals surface area contributed by atoms with Gasteiger partial charge in [0.1, 0.15) is 0 Å². The summed E-state index contributed by atoms with van der Waals surface area (Å²) in [5.74, 6) is 0.519. The maximum Gasteiger partial charge on any atom is 0.222 e. The smallest absolute Gasteiger partial charge is 0.222 e. The average molecular weight is 322 g/mol. The molecule has 2 unspecified atom stereocenters. The fraction of sp³-hybridized carbons (Fsp3) is 0.895. The quantitative estimate of drug-likeness (QED) is 0.747. The number of hydrogen-bond donors (Lipinski definition) is 0. The second-order valence-corrected chi connectivity index (χ2v) is 7.14. The van der Waals surface area contributed by atoms with Gasteiger partial charge in [0.2, 0.25) is 11.8 Å². The molecule has 0 aromatic carbocycles. The van der Waals surface area contributed by atoms with Crippen LogP contribution >= 0.6 is 0 Å². The third-order valence-corrected chi connectivity index (χ3v) is 5.62.